The summed E-state index contributed by atoms with van der Waals surface area (Å²) in [5.41, 5.74) is -0.806. The van der Waals surface area contributed by atoms with Gasteiger partial charge >= 0.3 is 12.0 Å². The molecule has 1 saturated carbocycles. The molecule has 0 bridgehead atoms. The van der Waals surface area contributed by atoms with Crippen molar-refractivity contribution in [2.45, 2.75) is 12.8 Å². The minimum absolute atomic E-state index is 0.0918. The Kier molecular flexibility index (Phi) is 4.71. The minimum Gasteiger partial charge on any atom is -0.481 e. The number of carbonyl (C=O) groups is 2. The normalized spacial score (nSPS) is 16.4. The number of aliphatic hydroxyl groups is 2. The maximum atomic E-state index is 11.6. The molecular formula is C10H18N2O5. The highest BCUT2D eigenvalue weighted by Crippen LogP contribution is 2.45. The van der Waals surface area contributed by atoms with Crippen molar-refractivity contribution in [3.63, 3.8) is 0 Å². The molecule has 17 heavy (non-hydrogen) atoms. The summed E-state index contributed by atoms with van der Waals surface area (Å²) >= 11 is 0. The third-order valence-electron chi connectivity index (χ3n) is 2.91. The van der Waals surface area contributed by atoms with E-state index in [-0.39, 0.29) is 32.8 Å². The lowest BCUT2D eigenvalue weighted by molar-refractivity contribution is -0.143. The second-order valence-corrected chi connectivity index (χ2v) is 4.18. The summed E-state index contributed by atoms with van der Waals surface area (Å²) in [5, 5.41) is 28.9. The Morgan fingerprint density at radius 3 is 2.06 bits per heavy atom. The van der Waals surface area contributed by atoms with Crippen LogP contribution in [0.5, 0.6) is 0 Å². The number of aliphatic hydroxyl groups excluding tert-OH is 2. The summed E-state index contributed by atoms with van der Waals surface area (Å²) in [6, 6.07) is -0.458. The molecule has 0 aromatic carbocycles. The van der Waals surface area contributed by atoms with E-state index in [1.165, 1.54) is 4.90 Å². The van der Waals surface area contributed by atoms with Crippen LogP contribution in [0.15, 0.2) is 0 Å². The average Bonchev–Trinajstić information content (AvgIpc) is 3.07. The van der Waals surface area contributed by atoms with E-state index in [0.717, 1.165) is 0 Å². The van der Waals surface area contributed by atoms with Crippen LogP contribution in [0.25, 0.3) is 0 Å². The molecule has 7 nitrogen and oxygen atoms in total. The fraction of sp³-hybridized carbons (Fsp3) is 0.800. The van der Waals surface area contributed by atoms with Gasteiger partial charge in [-0.2, -0.15) is 0 Å². The van der Waals surface area contributed by atoms with Gasteiger partial charge in [0.1, 0.15) is 0 Å². The van der Waals surface area contributed by atoms with E-state index in [0.29, 0.717) is 12.8 Å². The van der Waals surface area contributed by atoms with Crippen LogP contribution < -0.4 is 5.32 Å². The molecule has 0 radical (unpaired) electrons. The molecule has 7 heteroatoms. The predicted octanol–water partition coefficient (Wildman–Crippen LogP) is -1.15. The number of hydrogen-bond acceptors (Lipinski definition) is 4. The van der Waals surface area contributed by atoms with Crippen molar-refractivity contribution in [1.82, 2.24) is 10.2 Å². The first kappa shape index (κ1) is 13.7. The summed E-state index contributed by atoms with van der Waals surface area (Å²) in [6.07, 6.45) is 1.14. The lowest BCUT2D eigenvalue weighted by Crippen LogP contribution is -2.45. The topological polar surface area (TPSA) is 110 Å². The fourth-order valence-electron chi connectivity index (χ4n) is 1.53. The van der Waals surface area contributed by atoms with Crippen molar-refractivity contribution in [2.24, 2.45) is 5.41 Å². The van der Waals surface area contributed by atoms with Crippen molar-refractivity contribution >= 4 is 12.0 Å². The number of carboxylic acid groups (broad SMARTS) is 1. The Labute approximate surface area is 99.0 Å². The van der Waals surface area contributed by atoms with E-state index < -0.39 is 17.4 Å². The quantitative estimate of drug-likeness (QED) is 0.453. The number of aliphatic carboxylic acids is 1. The highest BCUT2D eigenvalue weighted by atomic mass is 16.4. The molecule has 1 aliphatic rings. The summed E-state index contributed by atoms with van der Waals surface area (Å²) in [7, 11) is 0. The Morgan fingerprint density at radius 2 is 1.71 bits per heavy atom. The van der Waals surface area contributed by atoms with Gasteiger partial charge in [-0.15, -0.1) is 0 Å². The first-order chi connectivity index (χ1) is 8.05. The molecule has 0 unspecified atom stereocenters. The van der Waals surface area contributed by atoms with Crippen LogP contribution in [-0.4, -0.2) is 65.1 Å². The maximum Gasteiger partial charge on any atom is 0.317 e. The third kappa shape index (κ3) is 3.57. The standard InChI is InChI=1S/C10H18N2O5/c13-5-3-12(4-6-14)9(17)11-7-10(1-2-10)8(15)16/h13-14H,1-7H2,(H,11,17)(H,15,16). The highest BCUT2D eigenvalue weighted by Gasteiger charge is 2.50. The Bertz CT molecular complexity index is 284. The number of carbonyl (C=O) groups excluding carboxylic acids is 1. The summed E-state index contributed by atoms with van der Waals surface area (Å²) in [4.78, 5) is 23.7. The zero-order valence-corrected chi connectivity index (χ0v) is 9.56. The molecule has 1 fully saturated rings. The van der Waals surface area contributed by atoms with Crippen LogP contribution >= 0.6 is 0 Å². The lowest BCUT2D eigenvalue weighted by atomic mass is 10.1. The first-order valence-corrected chi connectivity index (χ1v) is 5.53. The van der Waals surface area contributed by atoms with Gasteiger partial charge in [0.05, 0.1) is 18.6 Å². The number of carboxylic acids is 1. The number of hydrogen-bond donors (Lipinski definition) is 4. The number of nitrogens with zero attached hydrogens (tertiary/aromatic N) is 1. The molecule has 0 spiro atoms. The van der Waals surface area contributed by atoms with E-state index >= 15 is 0 Å². The van der Waals surface area contributed by atoms with E-state index in [1.807, 2.05) is 0 Å². The van der Waals surface area contributed by atoms with E-state index in [4.69, 9.17) is 15.3 Å². The molecule has 0 atom stereocenters. The van der Waals surface area contributed by atoms with Gasteiger partial charge in [0.25, 0.3) is 0 Å². The lowest BCUT2D eigenvalue weighted by Gasteiger charge is -2.22. The summed E-state index contributed by atoms with van der Waals surface area (Å²) in [5.74, 6) is -0.895. The molecule has 0 aromatic heterocycles. The van der Waals surface area contributed by atoms with Gasteiger partial charge in [0.15, 0.2) is 0 Å². The highest BCUT2D eigenvalue weighted by molar-refractivity contribution is 5.80. The number of rotatable bonds is 7. The zero-order chi connectivity index (χ0) is 12.9. The van der Waals surface area contributed by atoms with Gasteiger partial charge in [0, 0.05) is 19.6 Å². The van der Waals surface area contributed by atoms with Gasteiger partial charge in [0.2, 0.25) is 0 Å². The molecular weight excluding hydrogens is 228 g/mol. The van der Waals surface area contributed by atoms with Gasteiger partial charge in [-0.3, -0.25) is 4.79 Å². The van der Waals surface area contributed by atoms with E-state index in [1.54, 1.807) is 0 Å². The second kappa shape index (κ2) is 5.83. The van der Waals surface area contributed by atoms with Crippen LogP contribution in [0, 0.1) is 5.41 Å². The maximum absolute atomic E-state index is 11.6. The molecule has 1 aliphatic carbocycles. The fourth-order valence-corrected chi connectivity index (χ4v) is 1.53. The third-order valence-corrected chi connectivity index (χ3v) is 2.91. The summed E-state index contributed by atoms with van der Waals surface area (Å²) < 4.78 is 0. The van der Waals surface area contributed by atoms with Crippen molar-refractivity contribution in [3.8, 4) is 0 Å². The van der Waals surface area contributed by atoms with Crippen LogP contribution in [0.2, 0.25) is 0 Å². The average molecular weight is 246 g/mol. The minimum atomic E-state index is -0.895. The first-order valence-electron chi connectivity index (χ1n) is 5.53. The molecule has 4 N–H and O–H groups in total. The van der Waals surface area contributed by atoms with E-state index in [9.17, 15) is 9.59 Å². The largest absolute Gasteiger partial charge is 0.481 e. The Balaban J connectivity index is 2.39. The van der Waals surface area contributed by atoms with Crippen molar-refractivity contribution in [1.29, 1.82) is 0 Å². The monoisotopic (exact) mass is 246 g/mol. The number of urea groups is 1. The zero-order valence-electron chi connectivity index (χ0n) is 9.56. The number of nitrogens with one attached hydrogen (secondary N) is 1. The Hall–Kier alpha value is -1.34. The number of amides is 2. The van der Waals surface area contributed by atoms with Crippen molar-refractivity contribution in [3.05, 3.63) is 0 Å². The molecule has 2 amide bonds. The Morgan fingerprint density at radius 1 is 1.18 bits per heavy atom. The van der Waals surface area contributed by atoms with Crippen LogP contribution in [-0.2, 0) is 4.79 Å². The van der Waals surface area contributed by atoms with Gasteiger partial charge < -0.3 is 25.5 Å². The van der Waals surface area contributed by atoms with Crippen LogP contribution in [0.1, 0.15) is 12.8 Å². The SMILES string of the molecule is O=C(NCC1(C(=O)O)CC1)N(CCO)CCO. The predicted molar refractivity (Wildman–Crippen MR) is 58.4 cm³/mol. The van der Waals surface area contributed by atoms with Gasteiger partial charge in [-0.05, 0) is 12.8 Å². The molecule has 0 saturated heterocycles. The molecule has 0 aromatic rings. The van der Waals surface area contributed by atoms with Gasteiger partial charge in [-0.25, -0.2) is 4.79 Å². The second-order valence-electron chi connectivity index (χ2n) is 4.18. The van der Waals surface area contributed by atoms with Gasteiger partial charge in [-0.1, -0.05) is 0 Å². The molecule has 98 valence electrons. The van der Waals surface area contributed by atoms with E-state index in [2.05, 4.69) is 5.32 Å². The smallest absolute Gasteiger partial charge is 0.317 e. The van der Waals surface area contributed by atoms with Crippen molar-refractivity contribution < 1.29 is 24.9 Å². The molecule has 0 heterocycles. The molecule has 1 rings (SSSR count). The van der Waals surface area contributed by atoms with Crippen molar-refractivity contribution in [2.75, 3.05) is 32.8 Å². The molecule has 0 aliphatic heterocycles. The van der Waals surface area contributed by atoms with Crippen LogP contribution in [0.3, 0.4) is 0 Å². The summed E-state index contributed by atoms with van der Waals surface area (Å²) in [6.45, 7) is -0.0670. The van der Waals surface area contributed by atoms with Crippen LogP contribution in [0.4, 0.5) is 4.79 Å².